The third-order valence-electron chi connectivity index (χ3n) is 4.29. The summed E-state index contributed by atoms with van der Waals surface area (Å²) < 4.78 is 5.77. The molecule has 5 heteroatoms. The maximum absolute atomic E-state index is 12.8. The number of likely N-dealkylation sites (tertiary alicyclic amines) is 1. The molecule has 0 radical (unpaired) electrons. The van der Waals surface area contributed by atoms with Crippen molar-refractivity contribution in [2.45, 2.75) is 38.8 Å². The fourth-order valence-corrected chi connectivity index (χ4v) is 3.05. The van der Waals surface area contributed by atoms with Gasteiger partial charge in [-0.3, -0.25) is 4.79 Å². The molecule has 1 amide bonds. The molecule has 1 atom stereocenters. The van der Waals surface area contributed by atoms with Crippen LogP contribution in [0.25, 0.3) is 0 Å². The third-order valence-corrected chi connectivity index (χ3v) is 4.29. The fourth-order valence-electron chi connectivity index (χ4n) is 3.05. The maximum Gasteiger partial charge on any atom is 0.254 e. The van der Waals surface area contributed by atoms with Crippen molar-refractivity contribution < 1.29 is 9.21 Å². The van der Waals surface area contributed by atoms with E-state index in [1.807, 2.05) is 48.2 Å². The first-order valence-electron chi connectivity index (χ1n) is 7.85. The number of amides is 1. The Bertz CT molecular complexity index is 651. The molecule has 0 saturated carbocycles. The molecule has 23 heavy (non-hydrogen) atoms. The zero-order chi connectivity index (χ0) is 15.5. The van der Waals surface area contributed by atoms with E-state index in [4.69, 9.17) is 10.2 Å². The van der Waals surface area contributed by atoms with Crippen molar-refractivity contribution in [3.05, 3.63) is 59.0 Å². The maximum atomic E-state index is 12.8. The van der Waals surface area contributed by atoms with E-state index in [0.29, 0.717) is 12.1 Å². The molecule has 2 heterocycles. The zero-order valence-corrected chi connectivity index (χ0v) is 14.1. The molecular weight excluding hydrogens is 312 g/mol. The van der Waals surface area contributed by atoms with E-state index in [-0.39, 0.29) is 24.4 Å². The molecule has 124 valence electrons. The van der Waals surface area contributed by atoms with Crippen LogP contribution >= 0.6 is 12.4 Å². The van der Waals surface area contributed by atoms with E-state index < -0.39 is 0 Å². The number of carbonyl (C=O) groups is 1. The van der Waals surface area contributed by atoms with E-state index in [2.05, 4.69) is 0 Å². The van der Waals surface area contributed by atoms with Crippen molar-refractivity contribution in [1.82, 2.24) is 4.90 Å². The lowest BCUT2D eigenvalue weighted by atomic mass is 9.98. The monoisotopic (exact) mass is 334 g/mol. The molecule has 1 aromatic carbocycles. The van der Waals surface area contributed by atoms with Crippen LogP contribution in [0.2, 0.25) is 0 Å². The third kappa shape index (κ3) is 3.77. The predicted molar refractivity (Wildman–Crippen MR) is 92.7 cm³/mol. The van der Waals surface area contributed by atoms with Gasteiger partial charge in [0.1, 0.15) is 11.5 Å². The number of aryl methyl sites for hydroxylation is 1. The summed E-state index contributed by atoms with van der Waals surface area (Å²) in [6, 6.07) is 11.6. The van der Waals surface area contributed by atoms with Gasteiger partial charge < -0.3 is 15.1 Å². The molecule has 0 aliphatic carbocycles. The van der Waals surface area contributed by atoms with Crippen LogP contribution in [0, 0.1) is 6.92 Å². The second kappa shape index (κ2) is 7.66. The Hall–Kier alpha value is -1.78. The number of hydrogen-bond donors (Lipinski definition) is 1. The van der Waals surface area contributed by atoms with Crippen LogP contribution < -0.4 is 5.73 Å². The van der Waals surface area contributed by atoms with E-state index in [0.717, 1.165) is 42.9 Å². The second-order valence-electron chi connectivity index (χ2n) is 5.86. The normalized spacial score (nSPS) is 17.7. The Morgan fingerprint density at radius 3 is 2.57 bits per heavy atom. The van der Waals surface area contributed by atoms with Gasteiger partial charge in [0.2, 0.25) is 0 Å². The molecule has 0 spiro atoms. The molecular formula is C18H23ClN2O2. The average Bonchev–Trinajstić information content (AvgIpc) is 3.00. The molecule has 1 saturated heterocycles. The molecule has 4 nitrogen and oxygen atoms in total. The van der Waals surface area contributed by atoms with Gasteiger partial charge in [0.25, 0.3) is 5.91 Å². The van der Waals surface area contributed by atoms with Crippen molar-refractivity contribution in [2.24, 2.45) is 5.73 Å². The van der Waals surface area contributed by atoms with E-state index in [1.165, 1.54) is 0 Å². The number of furan rings is 1. The Kier molecular flexibility index (Phi) is 5.85. The summed E-state index contributed by atoms with van der Waals surface area (Å²) in [5, 5.41) is 0. The van der Waals surface area contributed by atoms with Crippen LogP contribution in [0.1, 0.15) is 52.7 Å². The van der Waals surface area contributed by atoms with E-state index in [9.17, 15) is 4.79 Å². The van der Waals surface area contributed by atoms with Gasteiger partial charge >= 0.3 is 0 Å². The first kappa shape index (κ1) is 17.6. The molecule has 1 aliphatic rings. The minimum atomic E-state index is 0. The second-order valence-corrected chi connectivity index (χ2v) is 5.86. The largest absolute Gasteiger partial charge is 0.464 e. The summed E-state index contributed by atoms with van der Waals surface area (Å²) in [6.07, 6.45) is 3.13. The highest BCUT2D eigenvalue weighted by Gasteiger charge is 2.30. The summed E-state index contributed by atoms with van der Waals surface area (Å²) in [7, 11) is 0. The summed E-state index contributed by atoms with van der Waals surface area (Å²) in [5.41, 5.74) is 7.36. The van der Waals surface area contributed by atoms with E-state index >= 15 is 0 Å². The Morgan fingerprint density at radius 1 is 1.22 bits per heavy atom. The van der Waals surface area contributed by atoms with Gasteiger partial charge in [-0.2, -0.15) is 0 Å². The molecule has 1 aromatic heterocycles. The Morgan fingerprint density at radius 2 is 1.96 bits per heavy atom. The molecule has 1 aliphatic heterocycles. The number of hydrogen-bond acceptors (Lipinski definition) is 3. The number of carbonyl (C=O) groups excluding carboxylic acids is 1. The molecule has 1 unspecified atom stereocenters. The summed E-state index contributed by atoms with van der Waals surface area (Å²) >= 11 is 0. The van der Waals surface area contributed by atoms with Crippen LogP contribution in [0.5, 0.6) is 0 Å². The summed E-state index contributed by atoms with van der Waals surface area (Å²) in [6.45, 7) is 3.21. The van der Waals surface area contributed by atoms with Gasteiger partial charge in [-0.25, -0.2) is 0 Å². The van der Waals surface area contributed by atoms with Crippen molar-refractivity contribution in [3.63, 3.8) is 0 Å². The smallest absolute Gasteiger partial charge is 0.254 e. The lowest BCUT2D eigenvalue weighted by Gasteiger charge is -2.34. The van der Waals surface area contributed by atoms with Gasteiger partial charge in [-0.1, -0.05) is 12.1 Å². The Labute approximate surface area is 143 Å². The van der Waals surface area contributed by atoms with Crippen LogP contribution in [0.4, 0.5) is 0 Å². The molecule has 3 rings (SSSR count). The molecule has 0 bridgehead atoms. The minimum Gasteiger partial charge on any atom is -0.464 e. The topological polar surface area (TPSA) is 59.5 Å². The van der Waals surface area contributed by atoms with Gasteiger partial charge in [-0.05, 0) is 56.0 Å². The van der Waals surface area contributed by atoms with Crippen LogP contribution in [0.15, 0.2) is 40.8 Å². The number of nitrogens with two attached hydrogens (primary N) is 1. The highest BCUT2D eigenvalue weighted by Crippen LogP contribution is 2.33. The van der Waals surface area contributed by atoms with E-state index in [1.54, 1.807) is 0 Å². The number of piperidine rings is 1. The standard InChI is InChI=1S/C18H22N2O2.ClH/c1-13-5-10-17(22-13)16-4-2-3-11-20(16)18(21)15-8-6-14(12-19)7-9-15;/h5-10,16H,2-4,11-12,19H2,1H3;1H. The van der Waals surface area contributed by atoms with Crippen molar-refractivity contribution in [3.8, 4) is 0 Å². The van der Waals surface area contributed by atoms with Gasteiger partial charge in [0.15, 0.2) is 0 Å². The van der Waals surface area contributed by atoms with Crippen LogP contribution in [-0.4, -0.2) is 17.4 Å². The minimum absolute atomic E-state index is 0. The van der Waals surface area contributed by atoms with Gasteiger partial charge in [0, 0.05) is 18.7 Å². The Balaban J connectivity index is 0.00000192. The van der Waals surface area contributed by atoms with Crippen LogP contribution in [0.3, 0.4) is 0 Å². The lowest BCUT2D eigenvalue weighted by Crippen LogP contribution is -2.38. The summed E-state index contributed by atoms with van der Waals surface area (Å²) in [4.78, 5) is 14.8. The molecule has 1 fully saturated rings. The molecule has 2 aromatic rings. The predicted octanol–water partition coefficient (Wildman–Crippen LogP) is 3.84. The average molecular weight is 335 g/mol. The summed E-state index contributed by atoms with van der Waals surface area (Å²) in [5.74, 6) is 1.85. The number of halogens is 1. The molecule has 2 N–H and O–H groups in total. The van der Waals surface area contributed by atoms with Crippen molar-refractivity contribution in [1.29, 1.82) is 0 Å². The highest BCUT2D eigenvalue weighted by atomic mass is 35.5. The van der Waals surface area contributed by atoms with Gasteiger partial charge in [-0.15, -0.1) is 12.4 Å². The number of rotatable bonds is 3. The SMILES string of the molecule is Cc1ccc(C2CCCCN2C(=O)c2ccc(CN)cc2)o1.Cl. The van der Waals surface area contributed by atoms with Crippen molar-refractivity contribution in [2.75, 3.05) is 6.54 Å². The van der Waals surface area contributed by atoms with Crippen molar-refractivity contribution >= 4 is 18.3 Å². The highest BCUT2D eigenvalue weighted by molar-refractivity contribution is 5.94. The number of benzene rings is 1. The number of nitrogens with zero attached hydrogens (tertiary/aromatic N) is 1. The zero-order valence-electron chi connectivity index (χ0n) is 13.3. The first-order chi connectivity index (χ1) is 10.7. The van der Waals surface area contributed by atoms with Gasteiger partial charge in [0.05, 0.1) is 6.04 Å². The quantitative estimate of drug-likeness (QED) is 0.927. The lowest BCUT2D eigenvalue weighted by molar-refractivity contribution is 0.0579. The first-order valence-corrected chi connectivity index (χ1v) is 7.85. The van der Waals surface area contributed by atoms with Crippen LogP contribution in [-0.2, 0) is 6.54 Å². The fraction of sp³-hybridized carbons (Fsp3) is 0.389.